The minimum atomic E-state index is -6.26. The third kappa shape index (κ3) is 4.85. The van der Waals surface area contributed by atoms with Gasteiger partial charge in [-0.1, -0.05) is 25.7 Å². The summed E-state index contributed by atoms with van der Waals surface area (Å²) in [5.74, 6) is -5.89. The van der Waals surface area contributed by atoms with Crippen molar-refractivity contribution in [3.63, 3.8) is 0 Å². The maximum absolute atomic E-state index is 13.5. The van der Waals surface area contributed by atoms with Gasteiger partial charge in [0.1, 0.15) is 11.4 Å². The lowest BCUT2D eigenvalue weighted by Crippen LogP contribution is -2.46. The van der Waals surface area contributed by atoms with Crippen molar-refractivity contribution in [2.75, 3.05) is 19.5 Å². The summed E-state index contributed by atoms with van der Waals surface area (Å²) >= 11 is 5.99. The zero-order valence-electron chi connectivity index (χ0n) is 15.6. The summed E-state index contributed by atoms with van der Waals surface area (Å²) in [4.78, 5) is 0. The Morgan fingerprint density at radius 3 is 2.29 bits per heavy atom. The monoisotopic (exact) mass is 474 g/mol. The second-order valence-electron chi connectivity index (χ2n) is 5.80. The van der Waals surface area contributed by atoms with Gasteiger partial charge in [0, 0.05) is 25.7 Å². The van der Waals surface area contributed by atoms with Gasteiger partial charge in [0.15, 0.2) is 11.5 Å². The predicted octanol–water partition coefficient (Wildman–Crippen LogP) is 4.72. The van der Waals surface area contributed by atoms with Gasteiger partial charge in [-0.25, -0.2) is 5.43 Å². The zero-order valence-corrected chi connectivity index (χ0v) is 16.4. The van der Waals surface area contributed by atoms with Crippen molar-refractivity contribution in [2.45, 2.75) is 12.1 Å². The number of hydrazine groups is 1. The molecule has 0 saturated carbocycles. The number of halogens is 8. The third-order valence-electron chi connectivity index (χ3n) is 3.84. The van der Waals surface area contributed by atoms with E-state index in [-0.39, 0.29) is 5.76 Å². The maximum Gasteiger partial charge on any atom is 0.459 e. The van der Waals surface area contributed by atoms with E-state index in [0.717, 1.165) is 13.1 Å². The number of hydrogen-bond acceptors (Lipinski definition) is 7. The Bertz CT molecular complexity index is 989. The second-order valence-corrected chi connectivity index (χ2v) is 6.21. The summed E-state index contributed by atoms with van der Waals surface area (Å²) in [6.07, 6.45) is -6.26. The second kappa shape index (κ2) is 9.01. The van der Waals surface area contributed by atoms with Crippen molar-refractivity contribution in [2.24, 2.45) is 0 Å². The van der Waals surface area contributed by atoms with E-state index in [2.05, 4.69) is 21.3 Å². The Labute approximate surface area is 175 Å². The molecule has 1 aromatic carbocycles. The standard InChI is InChI=1S/C16H14ClF7N6O/c1-26-12(13(30(23)24)14(25)15(18,19)16(20,21)22)10-6-11(31-29-10)7-3-4-8(17)9(5-7)28-27-2/h3-6,25-28H,1-2H3/b13-12+,25-14?. The number of allylic oxidation sites excluding steroid dienone is 1. The van der Waals surface area contributed by atoms with Crippen molar-refractivity contribution in [3.05, 3.63) is 40.7 Å². The van der Waals surface area contributed by atoms with Gasteiger partial charge in [0.2, 0.25) is 0 Å². The molecule has 2 aromatic rings. The Kier molecular flexibility index (Phi) is 7.06. The van der Waals surface area contributed by atoms with E-state index in [1.165, 1.54) is 18.2 Å². The summed E-state index contributed by atoms with van der Waals surface area (Å²) in [7, 11) is 2.54. The summed E-state index contributed by atoms with van der Waals surface area (Å²) < 4.78 is 96.4. The summed E-state index contributed by atoms with van der Waals surface area (Å²) in [6.45, 7) is 0. The van der Waals surface area contributed by atoms with Gasteiger partial charge in [-0.2, -0.15) is 22.0 Å². The van der Waals surface area contributed by atoms with Crippen LogP contribution in [0.5, 0.6) is 0 Å². The molecule has 2 rings (SSSR count). The zero-order chi connectivity index (χ0) is 23.6. The number of aromatic nitrogens is 1. The van der Waals surface area contributed by atoms with Crippen LogP contribution in [0.4, 0.5) is 36.6 Å². The normalized spacial score (nSPS) is 13.0. The van der Waals surface area contributed by atoms with Crippen LogP contribution in [0.15, 0.2) is 34.5 Å². The highest BCUT2D eigenvalue weighted by Crippen LogP contribution is 2.40. The molecular weight excluding hydrogens is 461 g/mol. The van der Waals surface area contributed by atoms with Crippen molar-refractivity contribution < 1.29 is 35.4 Å². The van der Waals surface area contributed by atoms with Gasteiger partial charge >= 0.3 is 12.1 Å². The number of nitrogens with zero attached hydrogens (tertiary/aromatic N) is 2. The molecule has 0 aliphatic rings. The number of alkyl halides is 5. The first-order chi connectivity index (χ1) is 14.3. The van der Waals surface area contributed by atoms with Crippen molar-refractivity contribution in [1.29, 1.82) is 5.41 Å². The van der Waals surface area contributed by atoms with Gasteiger partial charge in [-0.15, -0.1) is 0 Å². The molecule has 7 nitrogen and oxygen atoms in total. The van der Waals surface area contributed by atoms with Crippen LogP contribution in [0.3, 0.4) is 0 Å². The van der Waals surface area contributed by atoms with Crippen LogP contribution < -0.4 is 16.2 Å². The molecule has 1 heterocycles. The highest BCUT2D eigenvalue weighted by molar-refractivity contribution is 6.33. The van der Waals surface area contributed by atoms with E-state index in [9.17, 15) is 30.9 Å². The molecule has 1 aromatic heterocycles. The molecule has 0 unspecified atom stereocenters. The van der Waals surface area contributed by atoms with Crippen LogP contribution in [-0.2, 0) is 0 Å². The molecule has 170 valence electrons. The summed E-state index contributed by atoms with van der Waals surface area (Å²) in [5, 5.41) is 10.9. The highest BCUT2D eigenvalue weighted by atomic mass is 35.5. The first kappa shape index (κ1) is 24.3. The molecule has 0 saturated heterocycles. The number of nitrogens with one attached hydrogen (secondary N) is 4. The smallest absolute Gasteiger partial charge is 0.384 e. The molecule has 0 bridgehead atoms. The quantitative estimate of drug-likeness (QED) is 0.192. The number of benzene rings is 1. The minimum Gasteiger partial charge on any atom is -0.384 e. The summed E-state index contributed by atoms with van der Waals surface area (Å²) in [5.41, 5.74) is -0.174. The molecule has 4 N–H and O–H groups in total. The molecule has 0 spiro atoms. The fourth-order valence-corrected chi connectivity index (χ4v) is 2.56. The lowest BCUT2D eigenvalue weighted by molar-refractivity contribution is -0.250. The van der Waals surface area contributed by atoms with Gasteiger partial charge in [0.05, 0.1) is 16.4 Å². The Morgan fingerprint density at radius 2 is 1.77 bits per heavy atom. The molecule has 0 aliphatic carbocycles. The largest absolute Gasteiger partial charge is 0.459 e. The number of rotatable bonds is 8. The SMILES string of the molecule is CNNc1cc(-c2cc(/C(NC)=C(/C(=N)C(F)(F)C(F)(F)F)N(F)F)no2)ccc1Cl. The highest BCUT2D eigenvalue weighted by Gasteiger charge is 2.62. The Hall–Kier alpha value is -3.00. The van der Waals surface area contributed by atoms with E-state index in [1.54, 1.807) is 7.05 Å². The first-order valence-electron chi connectivity index (χ1n) is 8.12. The number of hydrogen-bond donors (Lipinski definition) is 4. The average Bonchev–Trinajstić information content (AvgIpc) is 3.15. The minimum absolute atomic E-state index is 0.0451. The Morgan fingerprint density at radius 1 is 1.13 bits per heavy atom. The summed E-state index contributed by atoms with van der Waals surface area (Å²) in [6, 6.07) is 5.42. The molecule has 0 aliphatic heterocycles. The van der Waals surface area contributed by atoms with Gasteiger partial charge < -0.3 is 15.3 Å². The van der Waals surface area contributed by atoms with E-state index >= 15 is 0 Å². The average molecular weight is 475 g/mol. The topological polar surface area (TPSA) is 89.2 Å². The van der Waals surface area contributed by atoms with Crippen molar-refractivity contribution >= 4 is 28.7 Å². The molecule has 31 heavy (non-hydrogen) atoms. The molecule has 0 fully saturated rings. The lowest BCUT2D eigenvalue weighted by atomic mass is 10.1. The molecule has 0 amide bonds. The van der Waals surface area contributed by atoms with Crippen LogP contribution in [0.25, 0.3) is 17.0 Å². The van der Waals surface area contributed by atoms with E-state index < -0.39 is 40.2 Å². The molecule has 0 atom stereocenters. The van der Waals surface area contributed by atoms with Gasteiger partial charge in [-0.3, -0.25) is 5.41 Å². The lowest BCUT2D eigenvalue weighted by Gasteiger charge is -2.23. The molecular formula is C16H14ClF7N6O. The first-order valence-corrected chi connectivity index (χ1v) is 8.50. The van der Waals surface area contributed by atoms with Crippen LogP contribution in [-0.4, -0.2) is 42.4 Å². The Balaban J connectivity index is 2.57. The van der Waals surface area contributed by atoms with E-state index in [1.807, 2.05) is 0 Å². The molecule has 15 heteroatoms. The predicted molar refractivity (Wildman–Crippen MR) is 98.4 cm³/mol. The van der Waals surface area contributed by atoms with Crippen LogP contribution >= 0.6 is 11.6 Å². The van der Waals surface area contributed by atoms with E-state index in [0.29, 0.717) is 16.3 Å². The fraction of sp³-hybridized carbons (Fsp3) is 0.250. The van der Waals surface area contributed by atoms with Crippen LogP contribution in [0, 0.1) is 5.41 Å². The van der Waals surface area contributed by atoms with Crippen LogP contribution in [0.2, 0.25) is 5.02 Å². The van der Waals surface area contributed by atoms with Crippen molar-refractivity contribution in [1.82, 2.24) is 21.2 Å². The fourth-order valence-electron chi connectivity index (χ4n) is 2.39. The van der Waals surface area contributed by atoms with Gasteiger partial charge in [0.25, 0.3) is 0 Å². The van der Waals surface area contributed by atoms with Gasteiger partial charge in [-0.05, 0) is 23.5 Å². The third-order valence-corrected chi connectivity index (χ3v) is 4.17. The number of anilines is 1. The van der Waals surface area contributed by atoms with E-state index in [4.69, 9.17) is 21.5 Å². The van der Waals surface area contributed by atoms with Crippen molar-refractivity contribution in [3.8, 4) is 11.3 Å². The van der Waals surface area contributed by atoms with Crippen LogP contribution in [0.1, 0.15) is 5.69 Å². The molecule has 0 radical (unpaired) electrons. The maximum atomic E-state index is 13.5.